The first kappa shape index (κ1) is 18.8. The number of nitrogens with one attached hydrogen (secondary N) is 1. The minimum Gasteiger partial charge on any atom is -0.494 e. The number of halogens is 1. The van der Waals surface area contributed by atoms with E-state index in [0.717, 1.165) is 5.56 Å². The third-order valence-corrected chi connectivity index (χ3v) is 4.11. The maximum Gasteiger partial charge on any atom is 0.274 e. The van der Waals surface area contributed by atoms with E-state index in [1.54, 1.807) is 54.5 Å². The Morgan fingerprint density at radius 3 is 2.67 bits per heavy atom. The van der Waals surface area contributed by atoms with Gasteiger partial charge in [-0.3, -0.25) is 9.78 Å². The quantitative estimate of drug-likeness (QED) is 0.703. The van der Waals surface area contributed by atoms with Crippen LogP contribution in [0.25, 0.3) is 16.9 Å². The van der Waals surface area contributed by atoms with E-state index >= 15 is 0 Å². The number of benzene rings is 1. The number of pyridine rings is 1. The molecule has 3 aromatic rings. The van der Waals surface area contributed by atoms with Crippen molar-refractivity contribution >= 4 is 17.5 Å². The summed E-state index contributed by atoms with van der Waals surface area (Å²) in [5, 5.41) is 11.7. The van der Waals surface area contributed by atoms with Crippen molar-refractivity contribution < 1.29 is 9.53 Å². The maximum atomic E-state index is 12.7. The smallest absolute Gasteiger partial charge is 0.274 e. The highest BCUT2D eigenvalue weighted by Gasteiger charge is 2.23. The molecule has 1 aromatic carbocycles. The molecule has 0 aliphatic heterocycles. The van der Waals surface area contributed by atoms with Gasteiger partial charge in [0, 0.05) is 29.5 Å². The molecule has 1 amide bonds. The third-order valence-electron chi connectivity index (χ3n) is 3.88. The molecule has 0 spiro atoms. The third kappa shape index (κ3) is 4.09. The van der Waals surface area contributed by atoms with Crippen molar-refractivity contribution in [2.45, 2.75) is 13.8 Å². The normalized spacial score (nSPS) is 10.9. The van der Waals surface area contributed by atoms with E-state index in [4.69, 9.17) is 16.3 Å². The molecule has 0 fully saturated rings. The molecule has 0 aliphatic carbocycles. The van der Waals surface area contributed by atoms with E-state index in [1.807, 2.05) is 13.8 Å². The number of aromatic nitrogens is 4. The number of carbonyl (C=O) groups is 1. The van der Waals surface area contributed by atoms with Gasteiger partial charge in [-0.25, -0.2) is 4.68 Å². The second-order valence-electron chi connectivity index (χ2n) is 6.35. The van der Waals surface area contributed by atoms with Crippen LogP contribution in [0, 0.1) is 5.92 Å². The van der Waals surface area contributed by atoms with E-state index in [2.05, 4.69) is 20.6 Å². The van der Waals surface area contributed by atoms with Crippen LogP contribution in [0.4, 0.5) is 0 Å². The second-order valence-corrected chi connectivity index (χ2v) is 6.79. The summed E-state index contributed by atoms with van der Waals surface area (Å²) in [4.78, 5) is 16.8. The van der Waals surface area contributed by atoms with Gasteiger partial charge in [0.15, 0.2) is 5.69 Å². The van der Waals surface area contributed by atoms with Gasteiger partial charge in [-0.15, -0.1) is 5.10 Å². The fraction of sp³-hybridized carbons (Fsp3) is 0.263. The summed E-state index contributed by atoms with van der Waals surface area (Å²) in [7, 11) is 1.56. The Morgan fingerprint density at radius 2 is 2.00 bits per heavy atom. The predicted octanol–water partition coefficient (Wildman–Crippen LogP) is 3.38. The summed E-state index contributed by atoms with van der Waals surface area (Å²) in [6.07, 6.45) is 3.30. The van der Waals surface area contributed by atoms with Gasteiger partial charge >= 0.3 is 0 Å². The van der Waals surface area contributed by atoms with E-state index in [9.17, 15) is 4.79 Å². The molecule has 2 aromatic heterocycles. The Hall–Kier alpha value is -2.93. The largest absolute Gasteiger partial charge is 0.494 e. The number of carbonyl (C=O) groups excluding carboxylic acids is 1. The molecule has 140 valence electrons. The van der Waals surface area contributed by atoms with E-state index in [1.165, 1.54) is 0 Å². The molecule has 0 saturated heterocycles. The molecule has 0 radical (unpaired) electrons. The van der Waals surface area contributed by atoms with Crippen molar-refractivity contribution in [1.29, 1.82) is 0 Å². The zero-order valence-electron chi connectivity index (χ0n) is 15.3. The van der Waals surface area contributed by atoms with Crippen molar-refractivity contribution in [2.75, 3.05) is 13.7 Å². The number of hydrogen-bond donors (Lipinski definition) is 1. The van der Waals surface area contributed by atoms with Gasteiger partial charge in [-0.1, -0.05) is 30.7 Å². The van der Waals surface area contributed by atoms with Crippen LogP contribution in [-0.4, -0.2) is 39.5 Å². The number of hydrogen-bond acceptors (Lipinski definition) is 5. The Bertz CT molecular complexity index is 941. The standard InChI is InChI=1S/C19H20ClN5O2/c1-12(2)11-22-19(26)17-18(13-6-8-21-9-7-13)25(24-23-17)15-10-14(20)4-5-16(15)27-3/h4-10,12H,11H2,1-3H3,(H,22,26). The van der Waals surface area contributed by atoms with Crippen molar-refractivity contribution in [3.8, 4) is 22.7 Å². The fourth-order valence-electron chi connectivity index (χ4n) is 2.58. The molecule has 8 heteroatoms. The summed E-state index contributed by atoms with van der Waals surface area (Å²) in [5.41, 5.74) is 2.11. The number of ether oxygens (including phenoxy) is 1. The molecule has 0 saturated carbocycles. The fourth-order valence-corrected chi connectivity index (χ4v) is 2.75. The van der Waals surface area contributed by atoms with E-state index < -0.39 is 0 Å². The average Bonchev–Trinajstić information content (AvgIpc) is 3.11. The lowest BCUT2D eigenvalue weighted by molar-refractivity contribution is 0.0944. The first-order valence-electron chi connectivity index (χ1n) is 8.49. The van der Waals surface area contributed by atoms with Crippen LogP contribution in [0.2, 0.25) is 5.02 Å². The lowest BCUT2D eigenvalue weighted by Gasteiger charge is -2.12. The second kappa shape index (κ2) is 8.18. The van der Waals surface area contributed by atoms with Gasteiger partial charge in [0.1, 0.15) is 17.1 Å². The van der Waals surface area contributed by atoms with Crippen molar-refractivity contribution in [1.82, 2.24) is 25.3 Å². The summed E-state index contributed by atoms with van der Waals surface area (Å²) < 4.78 is 6.99. The molecule has 3 rings (SSSR count). The lowest BCUT2D eigenvalue weighted by Crippen LogP contribution is -2.28. The van der Waals surface area contributed by atoms with Crippen LogP contribution in [0.5, 0.6) is 5.75 Å². The van der Waals surface area contributed by atoms with Crippen LogP contribution in [-0.2, 0) is 0 Å². The van der Waals surface area contributed by atoms with Crippen molar-refractivity contribution in [2.24, 2.45) is 5.92 Å². The zero-order chi connectivity index (χ0) is 19.4. The Labute approximate surface area is 162 Å². The van der Waals surface area contributed by atoms with Gasteiger partial charge in [0.05, 0.1) is 7.11 Å². The lowest BCUT2D eigenvalue weighted by atomic mass is 10.1. The van der Waals surface area contributed by atoms with Crippen LogP contribution < -0.4 is 10.1 Å². The molecule has 0 aliphatic rings. The summed E-state index contributed by atoms with van der Waals surface area (Å²) in [5.74, 6) is 0.595. The molecule has 7 nitrogen and oxygen atoms in total. The Balaban J connectivity index is 2.16. The molecule has 2 heterocycles. The molecule has 0 unspecified atom stereocenters. The van der Waals surface area contributed by atoms with Gasteiger partial charge in [-0.05, 0) is 36.2 Å². The minimum absolute atomic E-state index is 0.226. The molecule has 27 heavy (non-hydrogen) atoms. The highest BCUT2D eigenvalue weighted by atomic mass is 35.5. The van der Waals surface area contributed by atoms with Crippen LogP contribution in [0.15, 0.2) is 42.7 Å². The molecule has 0 bridgehead atoms. The van der Waals surface area contributed by atoms with E-state index in [0.29, 0.717) is 34.6 Å². The summed E-state index contributed by atoms with van der Waals surface area (Å²) >= 11 is 6.17. The van der Waals surface area contributed by atoms with Crippen LogP contribution in [0.1, 0.15) is 24.3 Å². The van der Waals surface area contributed by atoms with E-state index in [-0.39, 0.29) is 11.6 Å². The number of nitrogens with zero attached hydrogens (tertiary/aromatic N) is 4. The highest BCUT2D eigenvalue weighted by molar-refractivity contribution is 6.30. The molecular weight excluding hydrogens is 366 g/mol. The number of methoxy groups -OCH3 is 1. The van der Waals surface area contributed by atoms with Gasteiger partial charge in [0.2, 0.25) is 0 Å². The summed E-state index contributed by atoms with van der Waals surface area (Å²) in [6, 6.07) is 8.78. The topological polar surface area (TPSA) is 81.9 Å². The Morgan fingerprint density at radius 1 is 1.26 bits per heavy atom. The monoisotopic (exact) mass is 385 g/mol. The van der Waals surface area contributed by atoms with Crippen LogP contribution >= 0.6 is 11.6 Å². The highest BCUT2D eigenvalue weighted by Crippen LogP contribution is 2.31. The molecular formula is C19H20ClN5O2. The van der Waals surface area contributed by atoms with Gasteiger partial charge in [0.25, 0.3) is 5.91 Å². The molecule has 1 N–H and O–H groups in total. The summed E-state index contributed by atoms with van der Waals surface area (Å²) in [6.45, 7) is 4.59. The van der Waals surface area contributed by atoms with Gasteiger partial charge in [-0.2, -0.15) is 0 Å². The van der Waals surface area contributed by atoms with Crippen molar-refractivity contribution in [3.63, 3.8) is 0 Å². The predicted molar refractivity (Wildman–Crippen MR) is 103 cm³/mol. The first-order chi connectivity index (χ1) is 13.0. The SMILES string of the molecule is COc1ccc(Cl)cc1-n1nnc(C(=O)NCC(C)C)c1-c1ccncc1. The van der Waals surface area contributed by atoms with Crippen LogP contribution in [0.3, 0.4) is 0 Å². The maximum absolute atomic E-state index is 12.7. The number of rotatable bonds is 6. The average molecular weight is 386 g/mol. The van der Waals surface area contributed by atoms with Gasteiger partial charge < -0.3 is 10.1 Å². The Kier molecular flexibility index (Phi) is 5.71. The zero-order valence-corrected chi connectivity index (χ0v) is 16.1. The minimum atomic E-state index is -0.289. The first-order valence-corrected chi connectivity index (χ1v) is 8.87. The van der Waals surface area contributed by atoms with Crippen molar-refractivity contribution in [3.05, 3.63) is 53.4 Å². The number of amides is 1. The molecule has 0 atom stereocenters.